The van der Waals surface area contributed by atoms with Gasteiger partial charge >= 0.3 is 0 Å². The molecule has 1 unspecified atom stereocenters. The highest BCUT2D eigenvalue weighted by atomic mass is 35.5. The summed E-state index contributed by atoms with van der Waals surface area (Å²) in [6, 6.07) is 16.3. The van der Waals surface area contributed by atoms with Crippen LogP contribution < -0.4 is 5.32 Å². The summed E-state index contributed by atoms with van der Waals surface area (Å²) in [5.74, 6) is -0.914. The van der Waals surface area contributed by atoms with Gasteiger partial charge in [0.05, 0.1) is 21.5 Å². The number of amides is 2. The van der Waals surface area contributed by atoms with Crippen LogP contribution in [-0.2, 0) is 26.2 Å². The molecule has 0 saturated heterocycles. The number of carbonyl (C=O) groups is 2. The van der Waals surface area contributed by atoms with Gasteiger partial charge in [0.25, 0.3) is 0 Å². The summed E-state index contributed by atoms with van der Waals surface area (Å²) in [5, 5.41) is 4.89. The average molecular weight is 522 g/mol. The van der Waals surface area contributed by atoms with Crippen LogP contribution in [0, 0.1) is 0 Å². The van der Waals surface area contributed by atoms with E-state index >= 15 is 0 Å². The fourth-order valence-electron chi connectivity index (χ4n) is 3.50. The molecule has 0 radical (unpaired) electrons. The number of sulfonamides is 1. The third-order valence-electron chi connectivity index (χ3n) is 5.54. The van der Waals surface area contributed by atoms with E-state index < -0.39 is 28.5 Å². The van der Waals surface area contributed by atoms with Crippen molar-refractivity contribution in [2.75, 3.05) is 20.6 Å². The standard InChI is InChI=1S/C24H25Cl2N3O4S/c1-16(24(31)27-2)29(14-17-8-11-21(25)22(26)12-17)23(30)15-28(3)34(32,33)20-10-9-18-6-4-5-7-19(18)13-20/h4-13,16H,14-15H2,1-3H3,(H,27,31). The van der Waals surface area contributed by atoms with Gasteiger partial charge in [-0.05, 0) is 47.5 Å². The molecular formula is C24H25Cl2N3O4S. The van der Waals surface area contributed by atoms with Crippen molar-refractivity contribution >= 4 is 55.8 Å². The minimum absolute atomic E-state index is 0.0498. The van der Waals surface area contributed by atoms with Gasteiger partial charge in [0, 0.05) is 20.6 Å². The topological polar surface area (TPSA) is 86.8 Å². The van der Waals surface area contributed by atoms with Crippen molar-refractivity contribution in [2.24, 2.45) is 0 Å². The molecule has 3 aromatic carbocycles. The van der Waals surface area contributed by atoms with Crippen molar-refractivity contribution in [3.63, 3.8) is 0 Å². The van der Waals surface area contributed by atoms with E-state index in [4.69, 9.17) is 23.2 Å². The molecule has 2 amide bonds. The Morgan fingerprint density at radius 2 is 1.65 bits per heavy atom. The zero-order valence-electron chi connectivity index (χ0n) is 19.0. The minimum Gasteiger partial charge on any atom is -0.357 e. The molecule has 0 bridgehead atoms. The van der Waals surface area contributed by atoms with E-state index in [-0.39, 0.29) is 17.3 Å². The highest BCUT2D eigenvalue weighted by Gasteiger charge is 2.30. The highest BCUT2D eigenvalue weighted by molar-refractivity contribution is 7.89. The van der Waals surface area contributed by atoms with Crippen LogP contribution in [0.2, 0.25) is 10.0 Å². The predicted molar refractivity (Wildman–Crippen MR) is 134 cm³/mol. The number of nitrogens with zero attached hydrogens (tertiary/aromatic N) is 2. The number of carbonyl (C=O) groups excluding carboxylic acids is 2. The monoisotopic (exact) mass is 521 g/mol. The quantitative estimate of drug-likeness (QED) is 0.486. The molecule has 0 spiro atoms. The summed E-state index contributed by atoms with van der Waals surface area (Å²) in [6.45, 7) is 1.18. The van der Waals surface area contributed by atoms with Crippen LogP contribution in [-0.4, -0.2) is 56.1 Å². The molecule has 0 aliphatic rings. The Balaban J connectivity index is 1.86. The molecule has 0 heterocycles. The van der Waals surface area contributed by atoms with Gasteiger partial charge in [-0.1, -0.05) is 59.6 Å². The lowest BCUT2D eigenvalue weighted by Crippen LogP contribution is -2.50. The van der Waals surface area contributed by atoms with Gasteiger partial charge in [0.2, 0.25) is 21.8 Å². The smallest absolute Gasteiger partial charge is 0.243 e. The Hall–Kier alpha value is -2.65. The SMILES string of the molecule is CNC(=O)C(C)N(Cc1ccc(Cl)c(Cl)c1)C(=O)CN(C)S(=O)(=O)c1ccc2ccccc2c1. The molecule has 34 heavy (non-hydrogen) atoms. The van der Waals surface area contributed by atoms with Crippen molar-refractivity contribution < 1.29 is 18.0 Å². The summed E-state index contributed by atoms with van der Waals surface area (Å²) < 4.78 is 27.3. The van der Waals surface area contributed by atoms with Gasteiger partial charge in [-0.15, -0.1) is 0 Å². The zero-order valence-corrected chi connectivity index (χ0v) is 21.3. The number of rotatable bonds is 8. The molecule has 0 aromatic heterocycles. The first-order chi connectivity index (χ1) is 16.0. The second-order valence-electron chi connectivity index (χ2n) is 7.83. The van der Waals surface area contributed by atoms with Gasteiger partial charge < -0.3 is 10.2 Å². The molecule has 7 nitrogen and oxygen atoms in total. The maximum absolute atomic E-state index is 13.2. The summed E-state index contributed by atoms with van der Waals surface area (Å²) in [4.78, 5) is 26.9. The van der Waals surface area contributed by atoms with Crippen LogP contribution >= 0.6 is 23.2 Å². The highest BCUT2D eigenvalue weighted by Crippen LogP contribution is 2.24. The summed E-state index contributed by atoms with van der Waals surface area (Å²) >= 11 is 12.1. The molecule has 0 aliphatic heterocycles. The molecule has 1 atom stereocenters. The van der Waals surface area contributed by atoms with Crippen LogP contribution in [0.4, 0.5) is 0 Å². The first kappa shape index (κ1) is 26.0. The molecule has 1 N–H and O–H groups in total. The normalized spacial score (nSPS) is 12.5. The molecular weight excluding hydrogens is 497 g/mol. The summed E-state index contributed by atoms with van der Waals surface area (Å²) in [6.07, 6.45) is 0. The van der Waals surface area contributed by atoms with E-state index in [0.717, 1.165) is 15.1 Å². The molecule has 10 heteroatoms. The van der Waals surface area contributed by atoms with Crippen molar-refractivity contribution in [2.45, 2.75) is 24.4 Å². The summed E-state index contributed by atoms with van der Waals surface area (Å²) in [7, 11) is -1.14. The fourth-order valence-corrected chi connectivity index (χ4v) is 4.98. The van der Waals surface area contributed by atoms with Gasteiger partial charge in [0.15, 0.2) is 0 Å². The number of hydrogen-bond donors (Lipinski definition) is 1. The Labute approximate surface area is 209 Å². The Morgan fingerprint density at radius 3 is 2.29 bits per heavy atom. The second-order valence-corrected chi connectivity index (χ2v) is 10.7. The minimum atomic E-state index is -3.95. The first-order valence-electron chi connectivity index (χ1n) is 10.4. The lowest BCUT2D eigenvalue weighted by atomic mass is 10.1. The third-order valence-corrected chi connectivity index (χ3v) is 8.08. The average Bonchev–Trinajstić information content (AvgIpc) is 2.83. The lowest BCUT2D eigenvalue weighted by molar-refractivity contribution is -0.140. The van der Waals surface area contributed by atoms with E-state index in [9.17, 15) is 18.0 Å². The van der Waals surface area contributed by atoms with Gasteiger partial charge in [-0.25, -0.2) is 8.42 Å². The molecule has 0 aliphatic carbocycles. The largest absolute Gasteiger partial charge is 0.357 e. The Bertz CT molecular complexity index is 1330. The van der Waals surface area contributed by atoms with Crippen LogP contribution in [0.3, 0.4) is 0 Å². The lowest BCUT2D eigenvalue weighted by Gasteiger charge is -2.30. The van der Waals surface area contributed by atoms with E-state index in [1.165, 1.54) is 25.1 Å². The number of fused-ring (bicyclic) bond motifs is 1. The number of hydrogen-bond acceptors (Lipinski definition) is 4. The maximum Gasteiger partial charge on any atom is 0.243 e. The van der Waals surface area contributed by atoms with Crippen molar-refractivity contribution in [3.05, 3.63) is 76.3 Å². The summed E-state index contributed by atoms with van der Waals surface area (Å²) in [5.41, 5.74) is 0.651. The molecule has 3 aromatic rings. The van der Waals surface area contributed by atoms with Crippen molar-refractivity contribution in [1.29, 1.82) is 0 Å². The van der Waals surface area contributed by atoms with E-state index in [1.807, 2.05) is 24.3 Å². The second kappa shape index (κ2) is 10.7. The Morgan fingerprint density at radius 1 is 0.971 bits per heavy atom. The third kappa shape index (κ3) is 5.70. The zero-order chi connectivity index (χ0) is 25.0. The number of benzene rings is 3. The number of likely N-dealkylation sites (N-methyl/N-ethyl adjacent to an activating group) is 2. The van der Waals surface area contributed by atoms with Gasteiger partial charge in [-0.2, -0.15) is 4.31 Å². The van der Waals surface area contributed by atoms with Crippen LogP contribution in [0.15, 0.2) is 65.6 Å². The first-order valence-corrected chi connectivity index (χ1v) is 12.6. The predicted octanol–water partition coefficient (Wildman–Crippen LogP) is 3.93. The van der Waals surface area contributed by atoms with Crippen LogP contribution in [0.25, 0.3) is 10.8 Å². The van der Waals surface area contributed by atoms with Gasteiger partial charge in [0.1, 0.15) is 6.04 Å². The maximum atomic E-state index is 13.2. The van der Waals surface area contributed by atoms with Crippen LogP contribution in [0.5, 0.6) is 0 Å². The van der Waals surface area contributed by atoms with Crippen LogP contribution in [0.1, 0.15) is 12.5 Å². The molecule has 0 fully saturated rings. The number of halogens is 2. The van der Waals surface area contributed by atoms with E-state index in [2.05, 4.69) is 5.32 Å². The molecule has 180 valence electrons. The Kier molecular flexibility index (Phi) is 8.20. The number of nitrogens with one attached hydrogen (secondary N) is 1. The van der Waals surface area contributed by atoms with Crippen molar-refractivity contribution in [1.82, 2.24) is 14.5 Å². The fraction of sp³-hybridized carbons (Fsp3) is 0.250. The van der Waals surface area contributed by atoms with Gasteiger partial charge in [-0.3, -0.25) is 9.59 Å². The molecule has 3 rings (SSSR count). The van der Waals surface area contributed by atoms with Crippen molar-refractivity contribution in [3.8, 4) is 0 Å². The van der Waals surface area contributed by atoms with E-state index in [1.54, 1.807) is 37.3 Å². The van der Waals surface area contributed by atoms with E-state index in [0.29, 0.717) is 15.6 Å². The molecule has 0 saturated carbocycles.